The number of hydrogen-bond acceptors (Lipinski definition) is 5. The van der Waals surface area contributed by atoms with E-state index in [0.29, 0.717) is 11.6 Å². The Morgan fingerprint density at radius 2 is 1.94 bits per heavy atom. The van der Waals surface area contributed by atoms with Crippen LogP contribution < -0.4 is 5.32 Å². The molecule has 0 bridgehead atoms. The molecule has 0 aliphatic carbocycles. The zero-order valence-corrected chi connectivity index (χ0v) is 10.9. The average Bonchev–Trinajstić information content (AvgIpc) is 2.87. The number of anilines is 1. The minimum absolute atomic E-state index is 0.657. The van der Waals surface area contributed by atoms with Gasteiger partial charge in [0.15, 0.2) is 0 Å². The molecule has 6 heteroatoms. The van der Waals surface area contributed by atoms with Crippen LogP contribution in [0.4, 0.5) is 5.69 Å². The van der Waals surface area contributed by atoms with Gasteiger partial charge in [0.2, 0.25) is 0 Å². The van der Waals surface area contributed by atoms with Crippen LogP contribution in [0.25, 0.3) is 11.0 Å². The molecule has 0 radical (unpaired) electrons. The molecule has 0 aliphatic heterocycles. The highest BCUT2D eigenvalue weighted by Crippen LogP contribution is 2.30. The van der Waals surface area contributed by atoms with Gasteiger partial charge in [0, 0.05) is 18.9 Å². The smallest absolute Gasteiger partial charge is 0.129 e. The molecule has 0 saturated heterocycles. The van der Waals surface area contributed by atoms with Crippen molar-refractivity contribution in [2.75, 3.05) is 5.32 Å². The number of halogens is 1. The molecule has 2 aromatic heterocycles. The Morgan fingerprint density at radius 3 is 2.78 bits per heavy atom. The molecule has 3 rings (SSSR count). The maximum atomic E-state index is 6.19. The maximum Gasteiger partial charge on any atom is 0.129 e. The Morgan fingerprint density at radius 1 is 1.11 bits per heavy atom. The lowest BCUT2D eigenvalue weighted by Gasteiger charge is -2.08. The normalized spacial score (nSPS) is 10.7. The predicted octanol–water partition coefficient (Wildman–Crippen LogP) is 3.35. The summed E-state index contributed by atoms with van der Waals surface area (Å²) in [6, 6.07) is 7.62. The number of fused-ring (bicyclic) bond motifs is 1. The van der Waals surface area contributed by atoms with Crippen molar-refractivity contribution in [3.8, 4) is 0 Å². The summed E-state index contributed by atoms with van der Waals surface area (Å²) >= 11 is 7.38. The lowest BCUT2D eigenvalue weighted by atomic mass is 10.2. The van der Waals surface area contributed by atoms with Crippen LogP contribution in [0.15, 0.2) is 36.7 Å². The summed E-state index contributed by atoms with van der Waals surface area (Å²) in [6.45, 7) is 0.679. The van der Waals surface area contributed by atoms with Gasteiger partial charge in [0.1, 0.15) is 11.0 Å². The fourth-order valence-corrected chi connectivity index (χ4v) is 2.45. The standard InChI is InChI=1S/C12H9ClN4S/c13-9-1-2-10-12(17-18-16-10)11(9)15-7-8-3-5-14-6-4-8/h1-6,15H,7H2. The first-order valence-corrected chi connectivity index (χ1v) is 6.49. The highest BCUT2D eigenvalue weighted by atomic mass is 35.5. The van der Waals surface area contributed by atoms with Gasteiger partial charge in [-0.1, -0.05) is 11.6 Å². The third-order valence-electron chi connectivity index (χ3n) is 2.60. The molecule has 4 nitrogen and oxygen atoms in total. The van der Waals surface area contributed by atoms with E-state index in [1.54, 1.807) is 12.4 Å². The van der Waals surface area contributed by atoms with Crippen LogP contribution in [0.3, 0.4) is 0 Å². The molecule has 0 spiro atoms. The third kappa shape index (κ3) is 2.14. The fourth-order valence-electron chi connectivity index (χ4n) is 1.69. The van der Waals surface area contributed by atoms with Gasteiger partial charge in [-0.15, -0.1) is 0 Å². The summed E-state index contributed by atoms with van der Waals surface area (Å²) in [5.74, 6) is 0. The van der Waals surface area contributed by atoms with Crippen molar-refractivity contribution in [3.05, 3.63) is 47.2 Å². The van der Waals surface area contributed by atoms with Crippen molar-refractivity contribution >= 4 is 40.0 Å². The van der Waals surface area contributed by atoms with Crippen molar-refractivity contribution in [2.45, 2.75) is 6.54 Å². The van der Waals surface area contributed by atoms with Crippen molar-refractivity contribution in [3.63, 3.8) is 0 Å². The van der Waals surface area contributed by atoms with Gasteiger partial charge in [-0.3, -0.25) is 4.98 Å². The summed E-state index contributed by atoms with van der Waals surface area (Å²) in [6.07, 6.45) is 3.53. The first-order chi connectivity index (χ1) is 8.84. The van der Waals surface area contributed by atoms with Gasteiger partial charge < -0.3 is 5.32 Å². The van der Waals surface area contributed by atoms with Crippen molar-refractivity contribution in [1.82, 2.24) is 13.7 Å². The fraction of sp³-hybridized carbons (Fsp3) is 0.0833. The Hall–Kier alpha value is -1.72. The molecule has 90 valence electrons. The average molecular weight is 277 g/mol. The topological polar surface area (TPSA) is 50.7 Å². The first kappa shape index (κ1) is 11.4. The number of hydrogen-bond donors (Lipinski definition) is 1. The van der Waals surface area contributed by atoms with E-state index < -0.39 is 0 Å². The van der Waals surface area contributed by atoms with Crippen LogP contribution in [-0.2, 0) is 6.54 Å². The molecular formula is C12H9ClN4S. The Bertz CT molecular complexity index is 668. The molecule has 1 N–H and O–H groups in total. The van der Waals surface area contributed by atoms with Gasteiger partial charge >= 0.3 is 0 Å². The van der Waals surface area contributed by atoms with Gasteiger partial charge in [0.05, 0.1) is 22.4 Å². The molecule has 3 aromatic rings. The number of benzene rings is 1. The number of aromatic nitrogens is 3. The third-order valence-corrected chi connectivity index (χ3v) is 3.45. The van der Waals surface area contributed by atoms with E-state index in [1.807, 2.05) is 24.3 Å². The van der Waals surface area contributed by atoms with E-state index in [0.717, 1.165) is 22.3 Å². The second kappa shape index (κ2) is 4.88. The molecular weight excluding hydrogens is 268 g/mol. The van der Waals surface area contributed by atoms with E-state index in [4.69, 9.17) is 11.6 Å². The molecule has 0 unspecified atom stereocenters. The SMILES string of the molecule is Clc1ccc2nsnc2c1NCc1ccncc1. The Labute approximate surface area is 113 Å². The van der Waals surface area contributed by atoms with Crippen LogP contribution in [0.2, 0.25) is 5.02 Å². The predicted molar refractivity (Wildman–Crippen MR) is 74.0 cm³/mol. The number of rotatable bonds is 3. The van der Waals surface area contributed by atoms with E-state index in [1.165, 1.54) is 11.7 Å². The van der Waals surface area contributed by atoms with Gasteiger partial charge in [0.25, 0.3) is 0 Å². The molecule has 18 heavy (non-hydrogen) atoms. The van der Waals surface area contributed by atoms with Crippen LogP contribution in [0, 0.1) is 0 Å². The molecule has 0 fully saturated rings. The monoisotopic (exact) mass is 276 g/mol. The second-order valence-corrected chi connectivity index (χ2v) is 4.70. The summed E-state index contributed by atoms with van der Waals surface area (Å²) in [5, 5.41) is 3.96. The lowest BCUT2D eigenvalue weighted by Crippen LogP contribution is -2.00. The largest absolute Gasteiger partial charge is 0.378 e. The number of nitrogens with zero attached hydrogens (tertiary/aromatic N) is 3. The summed E-state index contributed by atoms with van der Waals surface area (Å²) in [4.78, 5) is 3.99. The summed E-state index contributed by atoms with van der Waals surface area (Å²) in [7, 11) is 0. The van der Waals surface area contributed by atoms with Crippen molar-refractivity contribution in [2.24, 2.45) is 0 Å². The van der Waals surface area contributed by atoms with Crippen LogP contribution in [-0.4, -0.2) is 13.7 Å². The second-order valence-electron chi connectivity index (χ2n) is 3.76. The molecule has 2 heterocycles. The van der Waals surface area contributed by atoms with Crippen molar-refractivity contribution in [1.29, 1.82) is 0 Å². The van der Waals surface area contributed by atoms with Crippen LogP contribution in [0.5, 0.6) is 0 Å². The van der Waals surface area contributed by atoms with E-state index in [2.05, 4.69) is 19.0 Å². The Kier molecular flexibility index (Phi) is 3.08. The molecule has 1 aromatic carbocycles. The minimum Gasteiger partial charge on any atom is -0.378 e. The van der Waals surface area contributed by atoms with Crippen molar-refractivity contribution < 1.29 is 0 Å². The highest BCUT2D eigenvalue weighted by molar-refractivity contribution is 7.00. The van der Waals surface area contributed by atoms with Gasteiger partial charge in [-0.25, -0.2) is 0 Å². The minimum atomic E-state index is 0.657. The quantitative estimate of drug-likeness (QED) is 0.797. The molecule has 0 aliphatic rings. The highest BCUT2D eigenvalue weighted by Gasteiger charge is 2.09. The Balaban J connectivity index is 1.90. The van der Waals surface area contributed by atoms with Crippen LogP contribution >= 0.6 is 23.3 Å². The van der Waals surface area contributed by atoms with Gasteiger partial charge in [-0.05, 0) is 29.8 Å². The van der Waals surface area contributed by atoms with E-state index >= 15 is 0 Å². The first-order valence-electron chi connectivity index (χ1n) is 5.38. The van der Waals surface area contributed by atoms with E-state index in [-0.39, 0.29) is 0 Å². The number of nitrogens with one attached hydrogen (secondary N) is 1. The maximum absolute atomic E-state index is 6.19. The molecule has 0 atom stereocenters. The zero-order valence-electron chi connectivity index (χ0n) is 9.30. The summed E-state index contributed by atoms with van der Waals surface area (Å²) in [5.41, 5.74) is 3.66. The zero-order chi connectivity index (χ0) is 12.4. The lowest BCUT2D eigenvalue weighted by molar-refractivity contribution is 1.13. The molecule has 0 amide bonds. The molecule has 0 saturated carbocycles. The summed E-state index contributed by atoms with van der Waals surface area (Å²) < 4.78 is 8.46. The van der Waals surface area contributed by atoms with Gasteiger partial charge in [-0.2, -0.15) is 8.75 Å². The van der Waals surface area contributed by atoms with E-state index in [9.17, 15) is 0 Å². The van der Waals surface area contributed by atoms with Crippen LogP contribution in [0.1, 0.15) is 5.56 Å². The number of pyridine rings is 1.